The summed E-state index contributed by atoms with van der Waals surface area (Å²) in [6.45, 7) is 0.422. The molecule has 0 aliphatic carbocycles. The molecule has 1 saturated heterocycles. The smallest absolute Gasteiger partial charge is 0.294 e. The van der Waals surface area contributed by atoms with E-state index in [0.29, 0.717) is 29.0 Å². The highest BCUT2D eigenvalue weighted by atomic mass is 79.9. The quantitative estimate of drug-likeness (QED) is 0.485. The van der Waals surface area contributed by atoms with E-state index in [1.165, 1.54) is 11.0 Å². The molecule has 5 nitrogen and oxygen atoms in total. The van der Waals surface area contributed by atoms with Crippen LogP contribution in [0.25, 0.3) is 0 Å². The van der Waals surface area contributed by atoms with Gasteiger partial charge in [-0.2, -0.15) is 0 Å². The molecule has 96 valence electrons. The Hall–Kier alpha value is -1.14. The molecule has 2 rings (SSSR count). The lowest BCUT2D eigenvalue weighted by Crippen LogP contribution is -2.26. The average Bonchev–Trinajstić information content (AvgIpc) is 2.70. The van der Waals surface area contributed by atoms with E-state index in [-0.39, 0.29) is 17.5 Å². The zero-order valence-electron chi connectivity index (χ0n) is 9.31. The van der Waals surface area contributed by atoms with Gasteiger partial charge in [-0.3, -0.25) is 14.9 Å². The van der Waals surface area contributed by atoms with Crippen LogP contribution in [0.3, 0.4) is 0 Å². The maximum atomic E-state index is 11.9. The van der Waals surface area contributed by atoms with Gasteiger partial charge in [0.1, 0.15) is 5.69 Å². The fraction of sp³-hybridized carbons (Fsp3) is 0.364. The molecule has 0 saturated carbocycles. The second-order valence-electron chi connectivity index (χ2n) is 4.09. The lowest BCUT2D eigenvalue weighted by atomic mass is 10.1. The Kier molecular flexibility index (Phi) is 3.87. The molecule has 7 heteroatoms. The van der Waals surface area contributed by atoms with Gasteiger partial charge in [0.15, 0.2) is 0 Å². The number of alkyl halides is 1. The van der Waals surface area contributed by atoms with Gasteiger partial charge in [0, 0.05) is 29.4 Å². The van der Waals surface area contributed by atoms with Gasteiger partial charge in [0.2, 0.25) is 5.91 Å². The number of nitro groups is 1. The highest BCUT2D eigenvalue weighted by Crippen LogP contribution is 2.38. The van der Waals surface area contributed by atoms with E-state index in [4.69, 9.17) is 11.6 Å². The number of carbonyl (C=O) groups is 1. The summed E-state index contributed by atoms with van der Waals surface area (Å²) in [7, 11) is 0. The minimum atomic E-state index is -0.485. The molecule has 0 radical (unpaired) electrons. The summed E-state index contributed by atoms with van der Waals surface area (Å²) in [6, 6.07) is 4.65. The van der Waals surface area contributed by atoms with Crippen molar-refractivity contribution in [3.05, 3.63) is 32.8 Å². The molecule has 0 N–H and O–H groups in total. The predicted molar refractivity (Wildman–Crippen MR) is 72.0 cm³/mol. The van der Waals surface area contributed by atoms with Gasteiger partial charge in [-0.15, -0.1) is 11.6 Å². The molecule has 1 unspecified atom stereocenters. The van der Waals surface area contributed by atoms with E-state index in [0.717, 1.165) is 0 Å². The molecule has 1 aliphatic heterocycles. The van der Waals surface area contributed by atoms with Crippen LogP contribution in [-0.2, 0) is 4.79 Å². The third kappa shape index (κ3) is 2.35. The Morgan fingerprint density at radius 3 is 2.83 bits per heavy atom. The fourth-order valence-electron chi connectivity index (χ4n) is 2.02. The Balaban J connectivity index is 2.45. The molecule has 18 heavy (non-hydrogen) atoms. The number of nitrogens with zero attached hydrogens (tertiary/aromatic N) is 2. The first kappa shape index (κ1) is 13.3. The average molecular weight is 334 g/mol. The van der Waals surface area contributed by atoms with Crippen LogP contribution in [0.2, 0.25) is 0 Å². The molecular weight excluding hydrogens is 323 g/mol. The van der Waals surface area contributed by atoms with Crippen molar-refractivity contribution in [2.45, 2.75) is 6.42 Å². The molecule has 0 aromatic heterocycles. The third-order valence-corrected chi connectivity index (χ3v) is 3.93. The van der Waals surface area contributed by atoms with Crippen molar-refractivity contribution in [3.63, 3.8) is 0 Å². The molecule has 1 atom stereocenters. The molecule has 1 fully saturated rings. The second kappa shape index (κ2) is 5.24. The molecule has 1 amide bonds. The number of hydrogen-bond donors (Lipinski definition) is 0. The summed E-state index contributed by atoms with van der Waals surface area (Å²) in [5.41, 5.74) is 0.244. The number of carbonyl (C=O) groups excluding carboxylic acids is 1. The lowest BCUT2D eigenvalue weighted by molar-refractivity contribution is -0.384. The van der Waals surface area contributed by atoms with Gasteiger partial charge in [-0.25, -0.2) is 0 Å². The topological polar surface area (TPSA) is 63.5 Å². The number of benzene rings is 1. The van der Waals surface area contributed by atoms with Crippen LogP contribution in [0, 0.1) is 16.0 Å². The Morgan fingerprint density at radius 1 is 1.56 bits per heavy atom. The van der Waals surface area contributed by atoms with Crippen LogP contribution in [-0.4, -0.2) is 23.3 Å². The van der Waals surface area contributed by atoms with Gasteiger partial charge >= 0.3 is 0 Å². The van der Waals surface area contributed by atoms with Crippen LogP contribution in [0.15, 0.2) is 22.7 Å². The van der Waals surface area contributed by atoms with Gasteiger partial charge < -0.3 is 4.90 Å². The van der Waals surface area contributed by atoms with E-state index in [1.807, 2.05) is 0 Å². The lowest BCUT2D eigenvalue weighted by Gasteiger charge is -2.17. The van der Waals surface area contributed by atoms with Crippen LogP contribution in [0.5, 0.6) is 0 Å². The van der Waals surface area contributed by atoms with Gasteiger partial charge in [-0.1, -0.05) is 6.07 Å². The van der Waals surface area contributed by atoms with E-state index in [2.05, 4.69) is 15.9 Å². The minimum Gasteiger partial charge on any atom is -0.305 e. The first-order valence-electron chi connectivity index (χ1n) is 5.33. The normalized spacial score (nSPS) is 19.3. The summed E-state index contributed by atoms with van der Waals surface area (Å²) in [5.74, 6) is 0.294. The highest BCUT2D eigenvalue weighted by molar-refractivity contribution is 9.10. The number of amides is 1. The number of anilines is 1. The zero-order valence-corrected chi connectivity index (χ0v) is 11.6. The number of rotatable bonds is 3. The molecule has 0 bridgehead atoms. The van der Waals surface area contributed by atoms with E-state index < -0.39 is 4.92 Å². The van der Waals surface area contributed by atoms with Gasteiger partial charge in [0.25, 0.3) is 5.69 Å². The predicted octanol–water partition coefficient (Wildman–Crippen LogP) is 2.95. The van der Waals surface area contributed by atoms with Gasteiger partial charge in [-0.05, 0) is 27.9 Å². The zero-order chi connectivity index (χ0) is 13.3. The highest BCUT2D eigenvalue weighted by Gasteiger charge is 2.34. The molecule has 1 aromatic rings. The van der Waals surface area contributed by atoms with Crippen molar-refractivity contribution in [3.8, 4) is 0 Å². The number of para-hydroxylation sites is 1. The van der Waals surface area contributed by atoms with Gasteiger partial charge in [0.05, 0.1) is 4.92 Å². The number of hydrogen-bond acceptors (Lipinski definition) is 3. The number of halogens is 2. The minimum absolute atomic E-state index is 0.0471. The van der Waals surface area contributed by atoms with Crippen LogP contribution < -0.4 is 4.90 Å². The molecule has 1 aromatic carbocycles. The molecular formula is C11H10BrClN2O3. The van der Waals surface area contributed by atoms with Crippen molar-refractivity contribution < 1.29 is 9.72 Å². The van der Waals surface area contributed by atoms with Crippen LogP contribution in [0.1, 0.15) is 6.42 Å². The maximum Gasteiger partial charge on any atom is 0.294 e. The molecule has 0 spiro atoms. The number of nitro benzene ring substituents is 1. The van der Waals surface area contributed by atoms with Crippen molar-refractivity contribution in [2.24, 2.45) is 5.92 Å². The van der Waals surface area contributed by atoms with E-state index in [9.17, 15) is 14.9 Å². The molecule has 1 heterocycles. The van der Waals surface area contributed by atoms with Crippen LogP contribution >= 0.6 is 27.5 Å². The Bertz CT molecular complexity index is 509. The largest absolute Gasteiger partial charge is 0.305 e. The van der Waals surface area contributed by atoms with E-state index >= 15 is 0 Å². The third-order valence-electron chi connectivity index (χ3n) is 2.86. The fourth-order valence-corrected chi connectivity index (χ4v) is 2.80. The van der Waals surface area contributed by atoms with Crippen molar-refractivity contribution in [1.29, 1.82) is 0 Å². The first-order valence-corrected chi connectivity index (χ1v) is 6.66. The summed E-state index contributed by atoms with van der Waals surface area (Å²) in [4.78, 5) is 23.9. The summed E-state index contributed by atoms with van der Waals surface area (Å²) in [6.07, 6.45) is 0.335. The first-order chi connectivity index (χ1) is 8.54. The Morgan fingerprint density at radius 2 is 2.28 bits per heavy atom. The van der Waals surface area contributed by atoms with Crippen molar-refractivity contribution in [1.82, 2.24) is 0 Å². The SMILES string of the molecule is O=C1CC(CCl)CN1c1c(Br)cccc1[N+](=O)[O-]. The summed E-state index contributed by atoms with van der Waals surface area (Å²) >= 11 is 9.01. The molecule has 1 aliphatic rings. The summed E-state index contributed by atoms with van der Waals surface area (Å²) in [5, 5.41) is 11.0. The second-order valence-corrected chi connectivity index (χ2v) is 5.26. The van der Waals surface area contributed by atoms with Crippen LogP contribution in [0.4, 0.5) is 11.4 Å². The standard InChI is InChI=1S/C11H10BrClN2O3/c12-8-2-1-3-9(15(17)18)11(8)14-6-7(5-13)4-10(14)16/h1-3,7H,4-6H2. The monoisotopic (exact) mass is 332 g/mol. The Labute approximate surface area is 117 Å². The summed E-state index contributed by atoms with van der Waals surface area (Å²) < 4.78 is 0.542. The maximum absolute atomic E-state index is 11.9. The van der Waals surface area contributed by atoms with E-state index in [1.54, 1.807) is 12.1 Å². The van der Waals surface area contributed by atoms with Crippen molar-refractivity contribution >= 4 is 44.8 Å². The van der Waals surface area contributed by atoms with Crippen molar-refractivity contribution in [2.75, 3.05) is 17.3 Å².